The fourth-order valence-electron chi connectivity index (χ4n) is 2.84. The van der Waals surface area contributed by atoms with Crippen LogP contribution in [0.4, 0.5) is 0 Å². The van der Waals surface area contributed by atoms with Crippen LogP contribution in [0, 0.1) is 0 Å². The van der Waals surface area contributed by atoms with Crippen molar-refractivity contribution in [3.63, 3.8) is 0 Å². The highest BCUT2D eigenvalue weighted by Gasteiger charge is 2.16. The first-order valence-corrected chi connectivity index (χ1v) is 9.02. The highest BCUT2D eigenvalue weighted by Crippen LogP contribution is 2.27. The third kappa shape index (κ3) is 3.82. The van der Waals surface area contributed by atoms with Gasteiger partial charge in [0.05, 0.1) is 29.2 Å². The number of nitrogens with zero attached hydrogens (tertiary/aromatic N) is 3. The molecule has 0 aliphatic heterocycles. The van der Waals surface area contributed by atoms with E-state index >= 15 is 0 Å². The number of para-hydroxylation sites is 1. The lowest BCUT2D eigenvalue weighted by Gasteiger charge is -2.09. The van der Waals surface area contributed by atoms with E-state index in [-0.39, 0.29) is 5.97 Å². The molecule has 26 heavy (non-hydrogen) atoms. The van der Waals surface area contributed by atoms with Crippen molar-refractivity contribution >= 4 is 5.97 Å². The minimum absolute atomic E-state index is 0.306. The number of rotatable bonds is 7. The topological polar surface area (TPSA) is 57.0 Å². The number of hydrogen-bond donors (Lipinski definition) is 0. The van der Waals surface area contributed by atoms with Crippen LogP contribution in [0.15, 0.2) is 54.6 Å². The molecule has 3 aromatic rings. The molecule has 3 rings (SSSR count). The van der Waals surface area contributed by atoms with Crippen LogP contribution in [-0.2, 0) is 11.2 Å². The van der Waals surface area contributed by atoms with E-state index in [1.165, 1.54) is 0 Å². The van der Waals surface area contributed by atoms with Gasteiger partial charge in [0.1, 0.15) is 0 Å². The van der Waals surface area contributed by atoms with Gasteiger partial charge in [0, 0.05) is 5.56 Å². The number of aryl methyl sites for hydroxylation is 1. The zero-order valence-corrected chi connectivity index (χ0v) is 15.2. The molecule has 0 aliphatic rings. The van der Waals surface area contributed by atoms with Crippen molar-refractivity contribution < 1.29 is 9.53 Å². The standard InChI is InChI=1S/C21H23N3O2/c1-3-5-11-19-20(24(23-22-19)18-9-7-6-8-10-18)16-12-14-17(15-13-16)21(25)26-4-2/h6-10,12-15H,3-5,11H2,1-2H3. The summed E-state index contributed by atoms with van der Waals surface area (Å²) in [6, 6.07) is 17.4. The van der Waals surface area contributed by atoms with Crippen LogP contribution in [0.1, 0.15) is 42.7 Å². The highest BCUT2D eigenvalue weighted by molar-refractivity contribution is 5.90. The maximum absolute atomic E-state index is 11.9. The molecule has 2 aromatic carbocycles. The van der Waals surface area contributed by atoms with Crippen LogP contribution >= 0.6 is 0 Å². The minimum Gasteiger partial charge on any atom is -0.462 e. The van der Waals surface area contributed by atoms with Crippen molar-refractivity contribution in [2.75, 3.05) is 6.61 Å². The summed E-state index contributed by atoms with van der Waals surface area (Å²) in [6.07, 6.45) is 3.03. The summed E-state index contributed by atoms with van der Waals surface area (Å²) < 4.78 is 6.93. The van der Waals surface area contributed by atoms with Crippen LogP contribution in [0.5, 0.6) is 0 Å². The molecule has 5 nitrogen and oxygen atoms in total. The zero-order chi connectivity index (χ0) is 18.4. The smallest absolute Gasteiger partial charge is 0.338 e. The van der Waals surface area contributed by atoms with E-state index in [0.29, 0.717) is 12.2 Å². The normalized spacial score (nSPS) is 10.7. The first-order chi connectivity index (χ1) is 12.7. The first-order valence-electron chi connectivity index (χ1n) is 9.02. The predicted molar refractivity (Wildman–Crippen MR) is 101 cm³/mol. The number of carbonyl (C=O) groups is 1. The average Bonchev–Trinajstić information content (AvgIpc) is 3.11. The van der Waals surface area contributed by atoms with Crippen LogP contribution in [0.25, 0.3) is 16.9 Å². The first kappa shape index (κ1) is 17.9. The number of unbranched alkanes of at least 4 members (excludes halogenated alkanes) is 1. The fourth-order valence-corrected chi connectivity index (χ4v) is 2.84. The maximum Gasteiger partial charge on any atom is 0.338 e. The second kappa shape index (κ2) is 8.43. The second-order valence-corrected chi connectivity index (χ2v) is 6.03. The molecule has 0 aliphatic carbocycles. The van der Waals surface area contributed by atoms with Gasteiger partial charge >= 0.3 is 5.97 Å². The van der Waals surface area contributed by atoms with Crippen molar-refractivity contribution in [1.29, 1.82) is 0 Å². The quantitative estimate of drug-likeness (QED) is 0.591. The van der Waals surface area contributed by atoms with Gasteiger partial charge in [0.15, 0.2) is 0 Å². The van der Waals surface area contributed by atoms with Crippen molar-refractivity contribution in [3.05, 3.63) is 65.9 Å². The summed E-state index contributed by atoms with van der Waals surface area (Å²) in [6.45, 7) is 4.33. The second-order valence-electron chi connectivity index (χ2n) is 6.03. The molecule has 0 spiro atoms. The third-order valence-electron chi connectivity index (χ3n) is 4.18. The lowest BCUT2D eigenvalue weighted by Crippen LogP contribution is -2.05. The molecule has 0 amide bonds. The monoisotopic (exact) mass is 349 g/mol. The molecule has 0 radical (unpaired) electrons. The maximum atomic E-state index is 11.9. The Balaban J connectivity index is 2.01. The number of aromatic nitrogens is 3. The number of benzene rings is 2. The Morgan fingerprint density at radius 3 is 2.42 bits per heavy atom. The van der Waals surface area contributed by atoms with Gasteiger partial charge < -0.3 is 4.74 Å². The molecule has 1 aromatic heterocycles. The zero-order valence-electron chi connectivity index (χ0n) is 15.2. The van der Waals surface area contributed by atoms with Crippen molar-refractivity contribution in [1.82, 2.24) is 15.0 Å². The van der Waals surface area contributed by atoms with Gasteiger partial charge in [0.25, 0.3) is 0 Å². The Labute approximate surface area is 153 Å². The Morgan fingerprint density at radius 1 is 1.04 bits per heavy atom. The van der Waals surface area contributed by atoms with Crippen molar-refractivity contribution in [2.45, 2.75) is 33.1 Å². The SMILES string of the molecule is CCCCc1nnn(-c2ccccc2)c1-c1ccc(C(=O)OCC)cc1. The van der Waals surface area contributed by atoms with Gasteiger partial charge in [-0.1, -0.05) is 48.9 Å². The summed E-state index contributed by atoms with van der Waals surface area (Å²) in [4.78, 5) is 11.9. The molecule has 0 atom stereocenters. The van der Waals surface area contributed by atoms with E-state index < -0.39 is 0 Å². The van der Waals surface area contributed by atoms with Crippen molar-refractivity contribution in [3.8, 4) is 16.9 Å². The van der Waals surface area contributed by atoms with Crippen LogP contribution < -0.4 is 0 Å². The number of carbonyl (C=O) groups excluding carboxylic acids is 1. The Bertz CT molecular complexity index is 855. The Hall–Kier alpha value is -2.95. The number of ether oxygens (including phenoxy) is 1. The molecule has 0 N–H and O–H groups in total. The lowest BCUT2D eigenvalue weighted by atomic mass is 10.0. The minimum atomic E-state index is -0.306. The summed E-state index contributed by atoms with van der Waals surface area (Å²) in [5.41, 5.74) is 4.44. The van der Waals surface area contributed by atoms with Crippen LogP contribution in [-0.4, -0.2) is 27.6 Å². The molecule has 134 valence electrons. The fraction of sp³-hybridized carbons (Fsp3) is 0.286. The molecule has 1 heterocycles. The van der Waals surface area contributed by atoms with E-state index in [1.807, 2.05) is 47.1 Å². The third-order valence-corrected chi connectivity index (χ3v) is 4.18. The van der Waals surface area contributed by atoms with Gasteiger partial charge in [-0.2, -0.15) is 0 Å². The van der Waals surface area contributed by atoms with E-state index in [9.17, 15) is 4.79 Å². The number of hydrogen-bond acceptors (Lipinski definition) is 4. The van der Waals surface area contributed by atoms with Gasteiger partial charge in [-0.05, 0) is 44.0 Å². The van der Waals surface area contributed by atoms with E-state index in [4.69, 9.17) is 4.74 Å². The van der Waals surface area contributed by atoms with E-state index in [1.54, 1.807) is 19.1 Å². The Morgan fingerprint density at radius 2 is 1.77 bits per heavy atom. The summed E-state index contributed by atoms with van der Waals surface area (Å²) in [7, 11) is 0. The average molecular weight is 349 g/mol. The van der Waals surface area contributed by atoms with Gasteiger partial charge in [-0.15, -0.1) is 5.10 Å². The highest BCUT2D eigenvalue weighted by atomic mass is 16.5. The van der Waals surface area contributed by atoms with Crippen molar-refractivity contribution in [2.24, 2.45) is 0 Å². The largest absolute Gasteiger partial charge is 0.462 e. The predicted octanol–water partition coefficient (Wildman–Crippen LogP) is 4.45. The molecular weight excluding hydrogens is 326 g/mol. The molecular formula is C21H23N3O2. The van der Waals surface area contributed by atoms with E-state index in [0.717, 1.165) is 41.9 Å². The summed E-state index contributed by atoms with van der Waals surface area (Å²) in [5, 5.41) is 8.79. The molecule has 0 unspecified atom stereocenters. The molecule has 5 heteroatoms. The lowest BCUT2D eigenvalue weighted by molar-refractivity contribution is 0.0526. The van der Waals surface area contributed by atoms with E-state index in [2.05, 4.69) is 17.2 Å². The molecule has 0 saturated carbocycles. The molecule has 0 saturated heterocycles. The van der Waals surface area contributed by atoms with Crippen LogP contribution in [0.2, 0.25) is 0 Å². The Kier molecular flexibility index (Phi) is 5.79. The molecule has 0 fully saturated rings. The van der Waals surface area contributed by atoms with Gasteiger partial charge in [-0.3, -0.25) is 0 Å². The van der Waals surface area contributed by atoms with Crippen LogP contribution in [0.3, 0.4) is 0 Å². The number of esters is 1. The molecule has 0 bridgehead atoms. The summed E-state index contributed by atoms with van der Waals surface area (Å²) >= 11 is 0. The summed E-state index contributed by atoms with van der Waals surface area (Å²) in [5.74, 6) is -0.306. The van der Waals surface area contributed by atoms with Gasteiger partial charge in [-0.25, -0.2) is 9.48 Å². The van der Waals surface area contributed by atoms with Gasteiger partial charge in [0.2, 0.25) is 0 Å².